The van der Waals surface area contributed by atoms with E-state index in [0.717, 1.165) is 0 Å². The van der Waals surface area contributed by atoms with E-state index in [0.29, 0.717) is 0 Å². The van der Waals surface area contributed by atoms with Crippen molar-refractivity contribution < 1.29 is 35.2 Å². The van der Waals surface area contributed by atoms with Crippen molar-refractivity contribution in [3.63, 3.8) is 0 Å². The molecule has 30 valence electrons. The quantitative estimate of drug-likeness (QED) is 0.447. The van der Waals surface area contributed by atoms with Crippen LogP contribution in [0.5, 0.6) is 0 Å². The van der Waals surface area contributed by atoms with Crippen molar-refractivity contribution >= 4 is 0 Å². The van der Waals surface area contributed by atoms with Gasteiger partial charge in [0.05, 0.1) is 0 Å². The molecule has 0 heterocycles. The summed E-state index contributed by atoms with van der Waals surface area (Å²) in [5, 5.41) is 0. The van der Waals surface area contributed by atoms with Gasteiger partial charge in [-0.15, -0.1) is 0 Å². The summed E-state index contributed by atoms with van der Waals surface area (Å²) in [6.07, 6.45) is 0. The molecule has 0 aromatic carbocycles. The third kappa shape index (κ3) is 23.7. The maximum atomic E-state index is 0. The second-order valence-corrected chi connectivity index (χ2v) is 0. The monoisotopic (exact) mass is 158 g/mol. The Morgan fingerprint density at radius 3 is 0.500 bits per heavy atom. The van der Waals surface area contributed by atoms with Crippen LogP contribution in [0.1, 0.15) is 0 Å². The standard InChI is InChI=1S/3FH.Mo/h3*1H;. The van der Waals surface area contributed by atoms with Gasteiger partial charge in [0, 0.05) is 21.1 Å². The Hall–Kier alpha value is 0.478. The third-order valence-corrected chi connectivity index (χ3v) is 0. The zero-order chi connectivity index (χ0) is 0. The Morgan fingerprint density at radius 2 is 0.500 bits per heavy atom. The van der Waals surface area contributed by atoms with Gasteiger partial charge in [-0.05, 0) is 0 Å². The first-order chi connectivity index (χ1) is 0. The van der Waals surface area contributed by atoms with Crippen LogP contribution in [-0.2, 0) is 21.1 Å². The maximum Gasteiger partial charge on any atom is 0 e. The van der Waals surface area contributed by atoms with Crippen LogP contribution in [0.25, 0.3) is 0 Å². The molecule has 0 unspecified atom stereocenters. The first kappa shape index (κ1) is 237. The minimum atomic E-state index is 0. The van der Waals surface area contributed by atoms with Gasteiger partial charge in [-0.3, -0.25) is 14.1 Å². The van der Waals surface area contributed by atoms with Crippen LogP contribution >= 0.6 is 0 Å². The Bertz CT molecular complexity index is 3.25. The van der Waals surface area contributed by atoms with Gasteiger partial charge in [0.15, 0.2) is 0 Å². The molecule has 0 bridgehead atoms. The second-order valence-electron chi connectivity index (χ2n) is 0. The van der Waals surface area contributed by atoms with Gasteiger partial charge in [0.1, 0.15) is 0 Å². The molecule has 0 nitrogen and oxygen atoms in total. The normalized spacial score (nSPS) is 0. The van der Waals surface area contributed by atoms with E-state index < -0.39 is 0 Å². The molecule has 0 aliphatic heterocycles. The first-order valence-corrected chi connectivity index (χ1v) is 0. The van der Waals surface area contributed by atoms with E-state index in [9.17, 15) is 0 Å². The number of hydrogen-bond donors (Lipinski definition) is 0. The topological polar surface area (TPSA) is 0 Å². The molecular weight excluding hydrogens is 153 g/mol. The van der Waals surface area contributed by atoms with Crippen LogP contribution in [0, 0.1) is 0 Å². The average molecular weight is 156 g/mol. The predicted octanol–water partition coefficient (Wildman–Crippen LogP) is 0.455. The summed E-state index contributed by atoms with van der Waals surface area (Å²) in [6, 6.07) is 0. The van der Waals surface area contributed by atoms with E-state index in [1.54, 1.807) is 0 Å². The molecule has 0 atom stereocenters. The number of rotatable bonds is 0. The molecule has 0 aliphatic carbocycles. The van der Waals surface area contributed by atoms with E-state index in [1.165, 1.54) is 0 Å². The summed E-state index contributed by atoms with van der Waals surface area (Å²) in [7, 11) is 0. The Morgan fingerprint density at radius 1 is 0.500 bits per heavy atom. The summed E-state index contributed by atoms with van der Waals surface area (Å²) in [5.74, 6) is 0. The maximum absolute atomic E-state index is 0. The van der Waals surface area contributed by atoms with E-state index in [2.05, 4.69) is 0 Å². The van der Waals surface area contributed by atoms with Crippen LogP contribution < -0.4 is 0 Å². The van der Waals surface area contributed by atoms with Crippen molar-refractivity contribution in [2.75, 3.05) is 0 Å². The molecule has 0 rings (SSSR count). The molecule has 0 N–H and O–H groups in total. The van der Waals surface area contributed by atoms with Crippen molar-refractivity contribution in [2.24, 2.45) is 0 Å². The average Bonchev–Trinajstić information content (AvgIpc) is 0. The summed E-state index contributed by atoms with van der Waals surface area (Å²) in [4.78, 5) is 0. The summed E-state index contributed by atoms with van der Waals surface area (Å²) >= 11 is 0. The van der Waals surface area contributed by atoms with Crippen LogP contribution in [0.2, 0.25) is 0 Å². The van der Waals surface area contributed by atoms with Crippen molar-refractivity contribution in [2.45, 2.75) is 0 Å². The van der Waals surface area contributed by atoms with Crippen molar-refractivity contribution in [1.29, 1.82) is 0 Å². The molecule has 0 aromatic heterocycles. The minimum Gasteiger partial charge on any atom is -0.269 e. The first-order valence-electron chi connectivity index (χ1n) is 0. The fourth-order valence-electron chi connectivity index (χ4n) is 0. The zero-order valence-electron chi connectivity index (χ0n) is 1.63. The Kier molecular flexibility index (Phi) is 5530. The third-order valence-electron chi connectivity index (χ3n) is 0. The fourth-order valence-corrected chi connectivity index (χ4v) is 0. The molecule has 0 saturated carbocycles. The largest absolute Gasteiger partial charge is 0.269 e. The summed E-state index contributed by atoms with van der Waals surface area (Å²) in [5.41, 5.74) is 0. The van der Waals surface area contributed by atoms with Crippen LogP contribution in [0.3, 0.4) is 0 Å². The van der Waals surface area contributed by atoms with E-state index in [4.69, 9.17) is 0 Å². The van der Waals surface area contributed by atoms with Crippen molar-refractivity contribution in [3.8, 4) is 0 Å². The molecule has 0 saturated heterocycles. The summed E-state index contributed by atoms with van der Waals surface area (Å²) < 4.78 is 0. The van der Waals surface area contributed by atoms with E-state index in [-0.39, 0.29) is 35.2 Å². The predicted molar refractivity (Wildman–Crippen MR) is 7.51 cm³/mol. The van der Waals surface area contributed by atoms with Gasteiger partial charge in [0.2, 0.25) is 0 Å². The van der Waals surface area contributed by atoms with E-state index >= 15 is 0 Å². The molecule has 0 aromatic rings. The van der Waals surface area contributed by atoms with Gasteiger partial charge in [0.25, 0.3) is 0 Å². The van der Waals surface area contributed by atoms with Gasteiger partial charge in [-0.1, -0.05) is 0 Å². The SMILES string of the molecule is F.F.F.[Mo]. The molecule has 0 spiro atoms. The van der Waals surface area contributed by atoms with Crippen molar-refractivity contribution in [3.05, 3.63) is 0 Å². The Balaban J connectivity index is 0. The number of halogens is 3. The molecular formula is H3F3Mo. The smallest absolute Gasteiger partial charge is 0 e. The Labute approximate surface area is 35.9 Å². The molecule has 0 radical (unpaired) electrons. The van der Waals surface area contributed by atoms with Crippen molar-refractivity contribution in [1.82, 2.24) is 0 Å². The molecule has 0 aliphatic rings. The van der Waals surface area contributed by atoms with Gasteiger partial charge < -0.3 is 0 Å². The van der Waals surface area contributed by atoms with Crippen LogP contribution in [-0.4, -0.2) is 0 Å². The van der Waals surface area contributed by atoms with Gasteiger partial charge in [-0.2, -0.15) is 0 Å². The zero-order valence-corrected chi connectivity index (χ0v) is 3.64. The number of hydrogen-bond acceptors (Lipinski definition) is 0. The van der Waals surface area contributed by atoms with Crippen LogP contribution in [0.15, 0.2) is 0 Å². The van der Waals surface area contributed by atoms with Crippen LogP contribution in [0.4, 0.5) is 14.1 Å². The summed E-state index contributed by atoms with van der Waals surface area (Å²) in [6.45, 7) is 0. The molecule has 4 heavy (non-hydrogen) atoms. The minimum absolute atomic E-state index is 0. The van der Waals surface area contributed by atoms with Gasteiger partial charge >= 0.3 is 0 Å². The van der Waals surface area contributed by atoms with E-state index in [1.807, 2.05) is 0 Å². The fraction of sp³-hybridized carbons (Fsp3) is 0. The molecule has 4 heteroatoms. The van der Waals surface area contributed by atoms with Gasteiger partial charge in [-0.25, -0.2) is 0 Å². The molecule has 0 amide bonds. The molecule has 0 fully saturated rings. The second kappa shape index (κ2) is 93.4.